The van der Waals surface area contributed by atoms with E-state index in [0.717, 1.165) is 6.42 Å². The molecule has 0 saturated carbocycles. The molecular weight excluding hydrogens is 245 g/mol. The first-order valence-corrected chi connectivity index (χ1v) is 5.60. The predicted molar refractivity (Wildman–Crippen MR) is 62.9 cm³/mol. The molecule has 0 spiro atoms. The highest BCUT2D eigenvalue weighted by molar-refractivity contribution is 5.36. The molecule has 0 atom stereocenters. The van der Waals surface area contributed by atoms with Crippen LogP contribution in [0.3, 0.4) is 0 Å². The zero-order valence-electron chi connectivity index (χ0n) is 10.7. The summed E-state index contributed by atoms with van der Waals surface area (Å²) in [7, 11) is 1.60. The lowest BCUT2D eigenvalue weighted by atomic mass is 9.90. The molecule has 0 aliphatic rings. The zero-order valence-corrected chi connectivity index (χ0v) is 10.7. The van der Waals surface area contributed by atoms with Gasteiger partial charge in [-0.2, -0.15) is 9.37 Å². The van der Waals surface area contributed by atoms with Gasteiger partial charge in [0.15, 0.2) is 17.5 Å². The SMILES string of the molecule is COCCC(C)(C)CNc1nc(F)c(F)cc1F. The standard InChI is InChI=1S/C12H17F3N2O/c1-12(2,4-5-18-3)7-16-11-9(14)6-8(13)10(15)17-11/h6H,4-5,7H2,1-3H3,(H,16,17). The van der Waals surface area contributed by atoms with Gasteiger partial charge in [0.2, 0.25) is 0 Å². The number of pyridine rings is 1. The maximum Gasteiger partial charge on any atom is 0.251 e. The summed E-state index contributed by atoms with van der Waals surface area (Å²) in [5, 5.41) is 2.68. The third-order valence-electron chi connectivity index (χ3n) is 2.60. The molecule has 0 unspecified atom stereocenters. The molecule has 1 rings (SSSR count). The van der Waals surface area contributed by atoms with Gasteiger partial charge >= 0.3 is 0 Å². The van der Waals surface area contributed by atoms with Crippen LogP contribution in [0.15, 0.2) is 6.07 Å². The molecule has 0 radical (unpaired) electrons. The highest BCUT2D eigenvalue weighted by Gasteiger charge is 2.19. The van der Waals surface area contributed by atoms with Crippen molar-refractivity contribution < 1.29 is 17.9 Å². The maximum atomic E-state index is 13.3. The van der Waals surface area contributed by atoms with E-state index in [1.165, 1.54) is 0 Å². The number of nitrogens with one attached hydrogen (secondary N) is 1. The van der Waals surface area contributed by atoms with E-state index in [9.17, 15) is 13.2 Å². The number of hydrogen-bond acceptors (Lipinski definition) is 3. The summed E-state index contributed by atoms with van der Waals surface area (Å²) < 4.78 is 43.8. The van der Waals surface area contributed by atoms with E-state index in [1.807, 2.05) is 13.8 Å². The summed E-state index contributed by atoms with van der Waals surface area (Å²) >= 11 is 0. The molecule has 3 nitrogen and oxygen atoms in total. The Kier molecular flexibility index (Phi) is 4.95. The van der Waals surface area contributed by atoms with Crippen LogP contribution in [0.2, 0.25) is 0 Å². The van der Waals surface area contributed by atoms with Gasteiger partial charge in [0.1, 0.15) is 0 Å². The van der Waals surface area contributed by atoms with Crippen LogP contribution in [0.1, 0.15) is 20.3 Å². The van der Waals surface area contributed by atoms with Gasteiger partial charge in [-0.3, -0.25) is 0 Å². The van der Waals surface area contributed by atoms with Crippen LogP contribution in [0.25, 0.3) is 0 Å². The van der Waals surface area contributed by atoms with Gasteiger partial charge in [-0.1, -0.05) is 13.8 Å². The van der Waals surface area contributed by atoms with Crippen LogP contribution in [0.5, 0.6) is 0 Å². The molecule has 0 aliphatic heterocycles. The molecule has 0 aromatic carbocycles. The van der Waals surface area contributed by atoms with E-state index >= 15 is 0 Å². The summed E-state index contributed by atoms with van der Waals surface area (Å²) in [5.74, 6) is -3.79. The molecule has 0 aliphatic carbocycles. The Morgan fingerprint density at radius 2 is 1.94 bits per heavy atom. The minimum absolute atomic E-state index is 0.172. The Bertz CT molecular complexity index is 411. The Morgan fingerprint density at radius 3 is 2.56 bits per heavy atom. The van der Waals surface area contributed by atoms with Crippen LogP contribution < -0.4 is 5.32 Å². The Morgan fingerprint density at radius 1 is 1.28 bits per heavy atom. The molecule has 1 aromatic rings. The van der Waals surface area contributed by atoms with E-state index in [1.54, 1.807) is 7.11 Å². The molecule has 1 aromatic heterocycles. The van der Waals surface area contributed by atoms with Gasteiger partial charge in [-0.15, -0.1) is 0 Å². The summed E-state index contributed by atoms with van der Waals surface area (Å²) in [6, 6.07) is 0.479. The topological polar surface area (TPSA) is 34.1 Å². The lowest BCUT2D eigenvalue weighted by Crippen LogP contribution is -2.25. The minimum atomic E-state index is -1.31. The summed E-state index contributed by atoms with van der Waals surface area (Å²) in [5.41, 5.74) is -0.172. The van der Waals surface area contributed by atoms with Crippen LogP contribution >= 0.6 is 0 Å². The number of rotatable bonds is 6. The number of anilines is 1. The fourth-order valence-corrected chi connectivity index (χ4v) is 1.36. The third kappa shape index (κ3) is 4.18. The van der Waals surface area contributed by atoms with Crippen molar-refractivity contribution in [1.29, 1.82) is 0 Å². The molecule has 0 fully saturated rings. The largest absolute Gasteiger partial charge is 0.385 e. The molecule has 0 amide bonds. The van der Waals surface area contributed by atoms with E-state index in [4.69, 9.17) is 4.74 Å². The summed E-state index contributed by atoms with van der Waals surface area (Å²) in [4.78, 5) is 3.20. The van der Waals surface area contributed by atoms with E-state index in [0.29, 0.717) is 19.2 Å². The van der Waals surface area contributed by atoms with Crippen molar-refractivity contribution in [2.24, 2.45) is 5.41 Å². The second kappa shape index (κ2) is 6.04. The minimum Gasteiger partial charge on any atom is -0.385 e. The number of aromatic nitrogens is 1. The first-order valence-electron chi connectivity index (χ1n) is 5.60. The molecule has 18 heavy (non-hydrogen) atoms. The number of methoxy groups -OCH3 is 1. The first kappa shape index (κ1) is 14.8. The van der Waals surface area contributed by atoms with Gasteiger partial charge in [0.05, 0.1) is 0 Å². The number of ether oxygens (including phenoxy) is 1. The highest BCUT2D eigenvalue weighted by atomic mass is 19.2. The van der Waals surface area contributed by atoms with E-state index in [2.05, 4.69) is 10.3 Å². The Labute approximate surface area is 104 Å². The molecule has 0 bridgehead atoms. The fourth-order valence-electron chi connectivity index (χ4n) is 1.36. The van der Waals surface area contributed by atoms with Gasteiger partial charge in [0, 0.05) is 26.3 Å². The third-order valence-corrected chi connectivity index (χ3v) is 2.60. The fraction of sp³-hybridized carbons (Fsp3) is 0.583. The summed E-state index contributed by atoms with van der Waals surface area (Å²) in [6.45, 7) is 4.86. The second-order valence-electron chi connectivity index (χ2n) is 4.85. The highest BCUT2D eigenvalue weighted by Crippen LogP contribution is 2.22. The zero-order chi connectivity index (χ0) is 13.8. The van der Waals surface area contributed by atoms with Crippen LogP contribution in [-0.2, 0) is 4.74 Å². The average Bonchev–Trinajstić information content (AvgIpc) is 2.30. The number of nitrogens with zero attached hydrogens (tertiary/aromatic N) is 1. The maximum absolute atomic E-state index is 13.3. The van der Waals surface area contributed by atoms with Crippen molar-refractivity contribution in [1.82, 2.24) is 4.98 Å². The van der Waals surface area contributed by atoms with E-state index in [-0.39, 0.29) is 11.2 Å². The van der Waals surface area contributed by atoms with Gasteiger partial charge < -0.3 is 10.1 Å². The monoisotopic (exact) mass is 262 g/mol. The molecular formula is C12H17F3N2O. The normalized spacial score (nSPS) is 11.7. The van der Waals surface area contributed by atoms with Gasteiger partial charge in [-0.25, -0.2) is 8.78 Å². The van der Waals surface area contributed by atoms with Gasteiger partial charge in [0.25, 0.3) is 5.95 Å². The van der Waals surface area contributed by atoms with Crippen molar-refractivity contribution >= 4 is 5.82 Å². The lowest BCUT2D eigenvalue weighted by Gasteiger charge is -2.24. The van der Waals surface area contributed by atoms with Crippen LogP contribution in [0, 0.1) is 23.0 Å². The Balaban J connectivity index is 2.66. The van der Waals surface area contributed by atoms with E-state index < -0.39 is 17.6 Å². The molecule has 1 heterocycles. The average molecular weight is 262 g/mol. The van der Waals surface area contributed by atoms with Crippen molar-refractivity contribution in [3.63, 3.8) is 0 Å². The predicted octanol–water partition coefficient (Wildman–Crippen LogP) is 2.97. The molecule has 6 heteroatoms. The summed E-state index contributed by atoms with van der Waals surface area (Å²) in [6.07, 6.45) is 0.752. The van der Waals surface area contributed by atoms with Crippen molar-refractivity contribution in [3.05, 3.63) is 23.6 Å². The smallest absolute Gasteiger partial charge is 0.251 e. The van der Waals surface area contributed by atoms with Crippen molar-refractivity contribution in [3.8, 4) is 0 Å². The Hall–Kier alpha value is -1.30. The van der Waals surface area contributed by atoms with Crippen molar-refractivity contribution in [2.45, 2.75) is 20.3 Å². The quantitative estimate of drug-likeness (QED) is 0.800. The van der Waals surface area contributed by atoms with Crippen LogP contribution in [-0.4, -0.2) is 25.2 Å². The van der Waals surface area contributed by atoms with Gasteiger partial charge in [-0.05, 0) is 11.8 Å². The molecule has 102 valence electrons. The van der Waals surface area contributed by atoms with Crippen LogP contribution in [0.4, 0.5) is 19.0 Å². The first-order chi connectivity index (χ1) is 8.35. The van der Waals surface area contributed by atoms with Crippen molar-refractivity contribution in [2.75, 3.05) is 25.6 Å². The molecule has 0 saturated heterocycles. The lowest BCUT2D eigenvalue weighted by molar-refractivity contribution is 0.157. The number of hydrogen-bond donors (Lipinski definition) is 1. The second-order valence-corrected chi connectivity index (χ2v) is 4.85. The molecule has 1 N–H and O–H groups in total. The number of halogens is 3.